The van der Waals surface area contributed by atoms with Crippen LogP contribution in [0.15, 0.2) is 93.1 Å². The average Bonchev–Trinajstić information content (AvgIpc) is 3.23. The molecule has 0 amide bonds. The lowest BCUT2D eigenvalue weighted by Crippen LogP contribution is -2.39. The monoisotopic (exact) mass is 653 g/mol. The average molecular weight is 654 g/mol. The van der Waals surface area contributed by atoms with Crippen LogP contribution in [0.3, 0.4) is 0 Å². The first-order valence-electron chi connectivity index (χ1n) is 12.8. The number of carbonyl (C=O) groups excluding carboxylic acids is 1. The first-order chi connectivity index (χ1) is 18.7. The number of carbonyl (C=O) groups is 1. The number of hydrogen-bond acceptors (Lipinski definition) is 6. The summed E-state index contributed by atoms with van der Waals surface area (Å²) >= 11 is 3.68. The van der Waals surface area contributed by atoms with Crippen LogP contribution in [-0.4, -0.2) is 17.1 Å². The molecule has 1 aliphatic rings. The number of allylic oxidation sites excluding steroid dienone is 5. The molecule has 4 rings (SSSR count). The molecule has 0 saturated carbocycles. The highest BCUT2D eigenvalue weighted by molar-refractivity contribution is 14.1. The quantitative estimate of drug-likeness (QED) is 0.232. The Bertz CT molecular complexity index is 1680. The molecule has 0 N–H and O–H groups in total. The van der Waals surface area contributed by atoms with Crippen molar-refractivity contribution < 1.29 is 9.53 Å². The zero-order valence-electron chi connectivity index (χ0n) is 23.0. The van der Waals surface area contributed by atoms with E-state index in [4.69, 9.17) is 4.74 Å². The summed E-state index contributed by atoms with van der Waals surface area (Å²) in [6.45, 7) is 12.0. The highest BCUT2D eigenvalue weighted by Crippen LogP contribution is 2.31. The van der Waals surface area contributed by atoms with Gasteiger partial charge in [-0.25, -0.2) is 9.79 Å². The molecule has 39 heavy (non-hydrogen) atoms. The Morgan fingerprint density at radius 2 is 1.87 bits per heavy atom. The van der Waals surface area contributed by atoms with Crippen molar-refractivity contribution in [1.82, 2.24) is 4.57 Å². The maximum Gasteiger partial charge on any atom is 0.338 e. The van der Waals surface area contributed by atoms with E-state index in [0.29, 0.717) is 20.6 Å². The minimum absolute atomic E-state index is 0.190. The number of halogens is 1. The summed E-state index contributed by atoms with van der Waals surface area (Å²) in [6.07, 6.45) is 5.88. The van der Waals surface area contributed by atoms with Crippen molar-refractivity contribution in [2.45, 2.75) is 47.6 Å². The number of hydrogen-bond donors (Lipinski definition) is 0. The molecule has 1 aliphatic heterocycles. The predicted molar refractivity (Wildman–Crippen MR) is 167 cm³/mol. The van der Waals surface area contributed by atoms with E-state index in [1.54, 1.807) is 18.4 Å². The summed E-state index contributed by atoms with van der Waals surface area (Å²) in [7, 11) is 0. The Labute approximate surface area is 246 Å². The van der Waals surface area contributed by atoms with E-state index >= 15 is 0 Å². The fourth-order valence-electron chi connectivity index (χ4n) is 4.56. The van der Waals surface area contributed by atoms with Gasteiger partial charge in [-0.2, -0.15) is 0 Å². The Kier molecular flexibility index (Phi) is 9.07. The molecule has 1 aromatic heterocycles. The van der Waals surface area contributed by atoms with E-state index < -0.39 is 12.0 Å². The molecule has 0 aliphatic carbocycles. The van der Waals surface area contributed by atoms with Crippen LogP contribution >= 0.6 is 33.9 Å². The third-order valence-electron chi connectivity index (χ3n) is 6.65. The van der Waals surface area contributed by atoms with E-state index in [9.17, 15) is 9.59 Å². The van der Waals surface area contributed by atoms with Gasteiger partial charge in [0.1, 0.15) is 0 Å². The van der Waals surface area contributed by atoms with Gasteiger partial charge in [-0.15, -0.1) is 0 Å². The molecule has 202 valence electrons. The number of anilines is 1. The molecule has 0 spiro atoms. The Balaban J connectivity index is 1.85. The van der Waals surface area contributed by atoms with Gasteiger partial charge in [0.25, 0.3) is 5.56 Å². The molecule has 1 unspecified atom stereocenters. The third kappa shape index (κ3) is 5.86. The highest BCUT2D eigenvalue weighted by atomic mass is 127. The topological polar surface area (TPSA) is 63.9 Å². The van der Waals surface area contributed by atoms with Gasteiger partial charge in [-0.3, -0.25) is 9.36 Å². The van der Waals surface area contributed by atoms with Crippen LogP contribution in [0.1, 0.15) is 51.8 Å². The Morgan fingerprint density at radius 1 is 1.15 bits per heavy atom. The lowest BCUT2D eigenvalue weighted by Gasteiger charge is -2.26. The molecular formula is C31H32IN3O3S. The molecule has 3 aromatic rings. The number of ether oxygens (including phenoxy) is 1. The molecule has 0 saturated heterocycles. The van der Waals surface area contributed by atoms with Crippen molar-refractivity contribution in [3.05, 3.63) is 118 Å². The van der Waals surface area contributed by atoms with Gasteiger partial charge in [0.15, 0.2) is 4.80 Å². The van der Waals surface area contributed by atoms with Crippen LogP contribution in [0, 0.1) is 10.5 Å². The van der Waals surface area contributed by atoms with E-state index in [-0.39, 0.29) is 12.2 Å². The van der Waals surface area contributed by atoms with E-state index in [1.807, 2.05) is 56.3 Å². The number of fused-ring (bicyclic) bond motifs is 1. The third-order valence-corrected chi connectivity index (χ3v) is 8.81. The van der Waals surface area contributed by atoms with Gasteiger partial charge < -0.3 is 9.64 Å². The van der Waals surface area contributed by atoms with Gasteiger partial charge in [0.05, 0.1) is 28.5 Å². The normalized spacial score (nSPS) is 16.2. The minimum Gasteiger partial charge on any atom is -0.463 e. The molecule has 8 heteroatoms. The molecule has 0 radical (unpaired) electrons. The van der Waals surface area contributed by atoms with Crippen LogP contribution < -0.4 is 19.8 Å². The molecule has 0 bridgehead atoms. The second-order valence-corrected chi connectivity index (χ2v) is 11.4. The van der Waals surface area contributed by atoms with Crippen molar-refractivity contribution in [2.24, 2.45) is 4.99 Å². The van der Waals surface area contributed by atoms with Crippen LogP contribution in [0.4, 0.5) is 5.69 Å². The maximum absolute atomic E-state index is 13.8. The second-order valence-electron chi connectivity index (χ2n) is 9.24. The van der Waals surface area contributed by atoms with E-state index in [2.05, 4.69) is 70.6 Å². The summed E-state index contributed by atoms with van der Waals surface area (Å²) in [5.41, 5.74) is 5.93. The van der Waals surface area contributed by atoms with Crippen LogP contribution in [0.25, 0.3) is 6.08 Å². The van der Waals surface area contributed by atoms with Crippen LogP contribution in [-0.2, 0) is 9.53 Å². The largest absolute Gasteiger partial charge is 0.463 e. The number of thiazole rings is 1. The number of rotatable bonds is 7. The van der Waals surface area contributed by atoms with Crippen molar-refractivity contribution in [3.63, 3.8) is 0 Å². The molecule has 6 nitrogen and oxygen atoms in total. The van der Waals surface area contributed by atoms with Crippen molar-refractivity contribution in [3.8, 4) is 0 Å². The Morgan fingerprint density at radius 3 is 2.51 bits per heavy atom. The first kappa shape index (κ1) is 28.8. The second kappa shape index (κ2) is 12.3. The van der Waals surface area contributed by atoms with Gasteiger partial charge in [-0.05, 0) is 99.5 Å². The summed E-state index contributed by atoms with van der Waals surface area (Å²) in [6, 6.07) is 15.3. The fraction of sp³-hybridized carbons (Fsp3) is 0.258. The van der Waals surface area contributed by atoms with Crippen LogP contribution in [0.2, 0.25) is 0 Å². The van der Waals surface area contributed by atoms with E-state index in [0.717, 1.165) is 22.6 Å². The predicted octanol–water partition coefficient (Wildman–Crippen LogP) is 6.00. The highest BCUT2D eigenvalue weighted by Gasteiger charge is 2.33. The molecule has 0 fully saturated rings. The summed E-state index contributed by atoms with van der Waals surface area (Å²) < 4.78 is 8.71. The zero-order chi connectivity index (χ0) is 28.3. The smallest absolute Gasteiger partial charge is 0.338 e. The first-order valence-corrected chi connectivity index (χ1v) is 14.7. The van der Waals surface area contributed by atoms with Gasteiger partial charge in [0.2, 0.25) is 0 Å². The van der Waals surface area contributed by atoms with E-state index in [1.165, 1.54) is 20.5 Å². The number of aromatic nitrogens is 1. The lowest BCUT2D eigenvalue weighted by molar-refractivity contribution is -0.139. The summed E-state index contributed by atoms with van der Waals surface area (Å²) in [5, 5.41) is 0. The van der Waals surface area contributed by atoms with Crippen molar-refractivity contribution >= 4 is 51.7 Å². The number of benzene rings is 2. The van der Waals surface area contributed by atoms with Crippen molar-refractivity contribution in [1.29, 1.82) is 0 Å². The molecule has 1 atom stereocenters. The van der Waals surface area contributed by atoms with Crippen molar-refractivity contribution in [2.75, 3.05) is 11.5 Å². The maximum atomic E-state index is 13.8. The Hall–Kier alpha value is -3.24. The standard InChI is InChI=1S/C31H32IN3O3S/c1-7-20(4)34(24-16-14-19(3)25(32)18-24)21(5)15-17-26-29(36)35-28(23-12-10-9-11-13-23)27(30(37)38-8-2)22(6)33-31(35)39-26/h7,9-18,28H,8H2,1-6H3/b20-7-,21-15+,26-17-. The van der Waals surface area contributed by atoms with Crippen LogP contribution in [0.5, 0.6) is 0 Å². The number of esters is 1. The number of aryl methyl sites for hydroxylation is 1. The fourth-order valence-corrected chi connectivity index (χ4v) is 6.05. The zero-order valence-corrected chi connectivity index (χ0v) is 26.0. The van der Waals surface area contributed by atoms with Gasteiger partial charge in [-0.1, -0.05) is 53.8 Å². The van der Waals surface area contributed by atoms with Gasteiger partial charge >= 0.3 is 5.97 Å². The molecule has 2 aromatic carbocycles. The summed E-state index contributed by atoms with van der Waals surface area (Å²) in [4.78, 5) is 34.2. The molecular weight excluding hydrogens is 621 g/mol. The summed E-state index contributed by atoms with van der Waals surface area (Å²) in [5.74, 6) is -0.456. The SMILES string of the molecule is C/C=C(/C)N(/C(C)=C/C=c1\sc2n(c1=O)C(c1ccccc1)C(C(=O)OCC)=C(C)N=2)c1ccc(C)c(I)c1. The number of nitrogens with zero attached hydrogens (tertiary/aromatic N) is 3. The minimum atomic E-state index is -0.606. The lowest BCUT2D eigenvalue weighted by atomic mass is 9.96. The van der Waals surface area contributed by atoms with Gasteiger partial charge in [0, 0.05) is 20.7 Å². The molecule has 2 heterocycles.